The first kappa shape index (κ1) is 17.9. The van der Waals surface area contributed by atoms with Crippen LogP contribution in [-0.2, 0) is 20.7 Å². The highest BCUT2D eigenvalue weighted by molar-refractivity contribution is 7.08. The number of aryl methyl sites for hydroxylation is 1. The summed E-state index contributed by atoms with van der Waals surface area (Å²) < 4.78 is 6.82. The van der Waals surface area contributed by atoms with Crippen molar-refractivity contribution in [3.63, 3.8) is 0 Å². The Balaban J connectivity index is 1.61. The largest absolute Gasteiger partial charge is 0.455 e. The molecule has 1 N–H and O–H groups in total. The zero-order valence-electron chi connectivity index (χ0n) is 14.6. The molecular formula is C19H19N3O3S. The van der Waals surface area contributed by atoms with E-state index in [2.05, 4.69) is 10.4 Å². The molecule has 0 unspecified atom stereocenters. The summed E-state index contributed by atoms with van der Waals surface area (Å²) in [5.41, 5.74) is 3.94. The van der Waals surface area contributed by atoms with E-state index in [0.29, 0.717) is 11.4 Å². The number of carbonyl (C=O) groups excluding carboxylic acids is 2. The Labute approximate surface area is 155 Å². The van der Waals surface area contributed by atoms with E-state index >= 15 is 0 Å². The van der Waals surface area contributed by atoms with Crippen LogP contribution in [0.4, 0.5) is 5.69 Å². The van der Waals surface area contributed by atoms with Gasteiger partial charge in [-0.3, -0.25) is 9.59 Å². The molecule has 2 aromatic heterocycles. The highest BCUT2D eigenvalue weighted by Crippen LogP contribution is 2.22. The van der Waals surface area contributed by atoms with Gasteiger partial charge in [-0.1, -0.05) is 18.2 Å². The number of carbonyl (C=O) groups is 2. The minimum atomic E-state index is -0.424. The number of ether oxygens (including phenoxy) is 1. The van der Waals surface area contributed by atoms with Crippen molar-refractivity contribution in [1.29, 1.82) is 0 Å². The van der Waals surface area contributed by atoms with Gasteiger partial charge in [0.15, 0.2) is 6.61 Å². The van der Waals surface area contributed by atoms with Gasteiger partial charge >= 0.3 is 5.97 Å². The number of aromatic nitrogens is 2. The lowest BCUT2D eigenvalue weighted by Gasteiger charge is -2.08. The fraction of sp³-hybridized carbons (Fsp3) is 0.211. The van der Waals surface area contributed by atoms with Crippen LogP contribution < -0.4 is 5.32 Å². The molecular weight excluding hydrogens is 350 g/mol. The maximum Gasteiger partial charge on any atom is 0.310 e. The first-order valence-corrected chi connectivity index (χ1v) is 9.07. The Morgan fingerprint density at radius 2 is 1.96 bits per heavy atom. The number of thiophene rings is 1. The average molecular weight is 369 g/mol. The molecule has 0 bridgehead atoms. The third kappa shape index (κ3) is 4.18. The summed E-state index contributed by atoms with van der Waals surface area (Å²) in [6, 6.07) is 11.5. The number of hydrogen-bond donors (Lipinski definition) is 1. The molecule has 0 aliphatic carbocycles. The number of para-hydroxylation sites is 1. The zero-order chi connectivity index (χ0) is 18.5. The predicted octanol–water partition coefficient (Wildman–Crippen LogP) is 3.28. The molecule has 6 nitrogen and oxygen atoms in total. The predicted molar refractivity (Wildman–Crippen MR) is 101 cm³/mol. The third-order valence-corrected chi connectivity index (χ3v) is 4.58. The van der Waals surface area contributed by atoms with E-state index < -0.39 is 5.97 Å². The summed E-state index contributed by atoms with van der Waals surface area (Å²) in [5.74, 6) is -0.811. The average Bonchev–Trinajstić information content (AvgIpc) is 3.24. The van der Waals surface area contributed by atoms with E-state index in [0.717, 1.165) is 16.9 Å². The summed E-state index contributed by atoms with van der Waals surface area (Å²) in [5, 5.41) is 11.0. The monoisotopic (exact) mass is 369 g/mol. The number of hydrogen-bond acceptors (Lipinski definition) is 5. The van der Waals surface area contributed by atoms with Crippen LogP contribution in [0.25, 0.3) is 5.69 Å². The lowest BCUT2D eigenvalue weighted by Crippen LogP contribution is -2.22. The second kappa shape index (κ2) is 7.97. The minimum Gasteiger partial charge on any atom is -0.455 e. The molecule has 0 saturated heterocycles. The van der Waals surface area contributed by atoms with Crippen LogP contribution in [0, 0.1) is 13.8 Å². The second-order valence-corrected chi connectivity index (χ2v) is 6.59. The zero-order valence-corrected chi connectivity index (χ0v) is 15.4. The van der Waals surface area contributed by atoms with E-state index in [9.17, 15) is 9.59 Å². The SMILES string of the molecule is Cc1nn(-c2ccccc2)c(C)c1NC(=O)COC(=O)Cc1ccsc1. The van der Waals surface area contributed by atoms with E-state index in [-0.39, 0.29) is 18.9 Å². The van der Waals surface area contributed by atoms with Crippen LogP contribution in [0.3, 0.4) is 0 Å². The van der Waals surface area contributed by atoms with Crippen LogP contribution in [0.15, 0.2) is 47.2 Å². The van der Waals surface area contributed by atoms with Crippen LogP contribution >= 0.6 is 11.3 Å². The molecule has 0 saturated carbocycles. The molecule has 134 valence electrons. The van der Waals surface area contributed by atoms with Crippen molar-refractivity contribution in [2.24, 2.45) is 0 Å². The lowest BCUT2D eigenvalue weighted by atomic mass is 10.2. The third-order valence-electron chi connectivity index (χ3n) is 3.85. The number of benzene rings is 1. The molecule has 3 rings (SSSR count). The number of anilines is 1. The van der Waals surface area contributed by atoms with Crippen molar-refractivity contribution in [2.75, 3.05) is 11.9 Å². The van der Waals surface area contributed by atoms with Gasteiger partial charge in [-0.2, -0.15) is 16.4 Å². The number of amides is 1. The molecule has 3 aromatic rings. The Morgan fingerprint density at radius 1 is 1.19 bits per heavy atom. The van der Waals surface area contributed by atoms with Crippen molar-refractivity contribution < 1.29 is 14.3 Å². The molecule has 2 heterocycles. The van der Waals surface area contributed by atoms with Gasteiger partial charge in [-0.25, -0.2) is 4.68 Å². The van der Waals surface area contributed by atoms with Gasteiger partial charge in [0.05, 0.1) is 29.2 Å². The highest BCUT2D eigenvalue weighted by Gasteiger charge is 2.16. The number of esters is 1. The van der Waals surface area contributed by atoms with Gasteiger partial charge < -0.3 is 10.1 Å². The maximum atomic E-state index is 12.1. The van der Waals surface area contributed by atoms with Crippen LogP contribution in [0.5, 0.6) is 0 Å². The first-order valence-electron chi connectivity index (χ1n) is 8.13. The van der Waals surface area contributed by atoms with Crippen LogP contribution in [0.2, 0.25) is 0 Å². The van der Waals surface area contributed by atoms with Gasteiger partial charge in [-0.15, -0.1) is 0 Å². The van der Waals surface area contributed by atoms with Gasteiger partial charge in [0.1, 0.15) is 0 Å². The van der Waals surface area contributed by atoms with Gasteiger partial charge in [0, 0.05) is 0 Å². The second-order valence-electron chi connectivity index (χ2n) is 5.81. The Hall–Kier alpha value is -2.93. The molecule has 1 amide bonds. The molecule has 0 aliphatic rings. The summed E-state index contributed by atoms with van der Waals surface area (Å²) >= 11 is 1.52. The smallest absolute Gasteiger partial charge is 0.310 e. The molecule has 0 spiro atoms. The Kier molecular flexibility index (Phi) is 5.48. The van der Waals surface area contributed by atoms with Crippen molar-refractivity contribution in [1.82, 2.24) is 9.78 Å². The van der Waals surface area contributed by atoms with Crippen molar-refractivity contribution in [3.8, 4) is 5.69 Å². The molecule has 0 atom stereocenters. The van der Waals surface area contributed by atoms with Crippen LogP contribution in [-0.4, -0.2) is 28.3 Å². The quantitative estimate of drug-likeness (QED) is 0.677. The summed E-state index contributed by atoms with van der Waals surface area (Å²) in [7, 11) is 0. The topological polar surface area (TPSA) is 73.2 Å². The van der Waals surface area contributed by atoms with Crippen molar-refractivity contribution in [2.45, 2.75) is 20.3 Å². The molecule has 1 aromatic carbocycles. The van der Waals surface area contributed by atoms with Gasteiger partial charge in [-0.05, 0) is 48.4 Å². The first-order chi connectivity index (χ1) is 12.5. The van der Waals surface area contributed by atoms with Crippen molar-refractivity contribution >= 4 is 28.9 Å². The Bertz CT molecular complexity index is 902. The fourth-order valence-corrected chi connectivity index (χ4v) is 3.25. The van der Waals surface area contributed by atoms with Gasteiger partial charge in [0.2, 0.25) is 0 Å². The standard InChI is InChI=1S/C19H19N3O3S/c1-13-19(14(2)22(21-13)16-6-4-3-5-7-16)20-17(23)11-25-18(24)10-15-8-9-26-12-15/h3-9,12H,10-11H2,1-2H3,(H,20,23). The normalized spacial score (nSPS) is 10.5. The lowest BCUT2D eigenvalue weighted by molar-refractivity contribution is -0.146. The fourth-order valence-electron chi connectivity index (χ4n) is 2.58. The summed E-state index contributed by atoms with van der Waals surface area (Å²) in [6.45, 7) is 3.38. The number of nitrogens with zero attached hydrogens (tertiary/aromatic N) is 2. The molecule has 7 heteroatoms. The Morgan fingerprint density at radius 3 is 2.65 bits per heavy atom. The van der Waals surface area contributed by atoms with E-state index in [1.807, 2.05) is 61.0 Å². The summed E-state index contributed by atoms with van der Waals surface area (Å²) in [4.78, 5) is 23.9. The van der Waals surface area contributed by atoms with E-state index in [1.165, 1.54) is 11.3 Å². The molecule has 26 heavy (non-hydrogen) atoms. The van der Waals surface area contributed by atoms with Gasteiger partial charge in [0.25, 0.3) is 5.91 Å². The number of nitrogens with one attached hydrogen (secondary N) is 1. The summed E-state index contributed by atoms with van der Waals surface area (Å²) in [6.07, 6.45) is 0.167. The van der Waals surface area contributed by atoms with E-state index in [4.69, 9.17) is 4.74 Å². The number of rotatable bonds is 6. The van der Waals surface area contributed by atoms with Crippen LogP contribution in [0.1, 0.15) is 17.0 Å². The molecule has 0 fully saturated rings. The maximum absolute atomic E-state index is 12.1. The van der Waals surface area contributed by atoms with Crippen molar-refractivity contribution in [3.05, 3.63) is 64.1 Å². The minimum absolute atomic E-state index is 0.167. The molecule has 0 radical (unpaired) electrons. The molecule has 0 aliphatic heterocycles. The van der Waals surface area contributed by atoms with E-state index in [1.54, 1.807) is 4.68 Å². The highest BCUT2D eigenvalue weighted by atomic mass is 32.1.